The number of aromatic nitrogens is 5. The molecule has 2 aromatic heterocycles. The van der Waals surface area contributed by atoms with E-state index < -0.39 is 0 Å². The minimum atomic E-state index is -0.00299. The summed E-state index contributed by atoms with van der Waals surface area (Å²) in [6.07, 6.45) is 1.93. The van der Waals surface area contributed by atoms with E-state index in [1.165, 1.54) is 0 Å². The Bertz CT molecular complexity index is 809. The number of hydrogen-bond acceptors (Lipinski definition) is 5. The lowest BCUT2D eigenvalue weighted by molar-refractivity contribution is 0.754. The standard InChI is InChI=1S/C18H22N6/c1-12(2)18-19-13(3)10-17(21-18)20-14(4)16-11-24(23-22-16)15-8-6-5-7-9-15/h5-12,14H,1-4H3,(H,19,20,21). The Hall–Kier alpha value is -2.76. The van der Waals surface area contributed by atoms with Crippen molar-refractivity contribution >= 4 is 5.82 Å². The van der Waals surface area contributed by atoms with Gasteiger partial charge >= 0.3 is 0 Å². The van der Waals surface area contributed by atoms with Crippen molar-refractivity contribution in [3.8, 4) is 5.69 Å². The number of para-hydroxylation sites is 1. The van der Waals surface area contributed by atoms with Gasteiger partial charge in [-0.2, -0.15) is 0 Å². The lowest BCUT2D eigenvalue weighted by atomic mass is 10.2. The summed E-state index contributed by atoms with van der Waals surface area (Å²) < 4.78 is 1.78. The van der Waals surface area contributed by atoms with Crippen molar-refractivity contribution in [1.29, 1.82) is 0 Å². The van der Waals surface area contributed by atoms with Crippen LogP contribution in [0.4, 0.5) is 5.82 Å². The van der Waals surface area contributed by atoms with Gasteiger partial charge in [0, 0.05) is 17.7 Å². The largest absolute Gasteiger partial charge is 0.362 e. The number of anilines is 1. The van der Waals surface area contributed by atoms with Gasteiger partial charge in [-0.1, -0.05) is 37.3 Å². The molecular formula is C18H22N6. The Morgan fingerprint density at radius 3 is 2.50 bits per heavy atom. The first-order valence-electron chi connectivity index (χ1n) is 8.12. The van der Waals surface area contributed by atoms with E-state index >= 15 is 0 Å². The first kappa shape index (κ1) is 16.1. The van der Waals surface area contributed by atoms with Crippen LogP contribution in [0.1, 0.15) is 49.9 Å². The summed E-state index contributed by atoms with van der Waals surface area (Å²) >= 11 is 0. The Morgan fingerprint density at radius 2 is 1.79 bits per heavy atom. The molecule has 3 rings (SSSR count). The number of aryl methyl sites for hydroxylation is 1. The molecule has 0 amide bonds. The third-order valence-electron chi connectivity index (χ3n) is 3.73. The van der Waals surface area contributed by atoms with Crippen LogP contribution in [0, 0.1) is 6.92 Å². The zero-order chi connectivity index (χ0) is 17.1. The highest BCUT2D eigenvalue weighted by atomic mass is 15.4. The number of rotatable bonds is 5. The van der Waals surface area contributed by atoms with E-state index in [9.17, 15) is 0 Å². The molecule has 6 heteroatoms. The zero-order valence-corrected chi connectivity index (χ0v) is 14.4. The zero-order valence-electron chi connectivity index (χ0n) is 14.4. The fourth-order valence-electron chi connectivity index (χ4n) is 2.40. The minimum absolute atomic E-state index is 0.00299. The summed E-state index contributed by atoms with van der Waals surface area (Å²) in [5.41, 5.74) is 2.81. The monoisotopic (exact) mass is 322 g/mol. The fourth-order valence-corrected chi connectivity index (χ4v) is 2.40. The van der Waals surface area contributed by atoms with E-state index in [2.05, 4.69) is 39.4 Å². The number of benzene rings is 1. The van der Waals surface area contributed by atoms with Gasteiger partial charge in [0.25, 0.3) is 0 Å². The van der Waals surface area contributed by atoms with Crippen LogP contribution in [0.2, 0.25) is 0 Å². The third-order valence-corrected chi connectivity index (χ3v) is 3.73. The van der Waals surface area contributed by atoms with Gasteiger partial charge in [-0.05, 0) is 26.0 Å². The summed E-state index contributed by atoms with van der Waals surface area (Å²) in [6, 6.07) is 11.9. The Kier molecular flexibility index (Phi) is 4.55. The molecule has 0 saturated carbocycles. The molecule has 1 unspecified atom stereocenters. The maximum absolute atomic E-state index is 4.59. The van der Waals surface area contributed by atoms with Crippen LogP contribution >= 0.6 is 0 Å². The average molecular weight is 322 g/mol. The van der Waals surface area contributed by atoms with Crippen molar-refractivity contribution in [2.45, 2.75) is 39.7 Å². The molecule has 24 heavy (non-hydrogen) atoms. The van der Waals surface area contributed by atoms with Crippen LogP contribution in [-0.2, 0) is 0 Å². The normalized spacial score (nSPS) is 12.4. The number of nitrogens with one attached hydrogen (secondary N) is 1. The summed E-state index contributed by atoms with van der Waals surface area (Å²) in [7, 11) is 0. The molecule has 0 aliphatic heterocycles. The molecule has 3 aromatic rings. The van der Waals surface area contributed by atoms with Gasteiger partial charge in [0.1, 0.15) is 17.3 Å². The van der Waals surface area contributed by atoms with Crippen molar-refractivity contribution in [2.24, 2.45) is 0 Å². The molecular weight excluding hydrogens is 300 g/mol. The van der Waals surface area contributed by atoms with Crippen LogP contribution in [0.15, 0.2) is 42.6 Å². The number of hydrogen-bond donors (Lipinski definition) is 1. The predicted octanol–water partition coefficient (Wildman–Crippen LogP) is 3.66. The van der Waals surface area contributed by atoms with Crippen molar-refractivity contribution in [2.75, 3.05) is 5.32 Å². The topological polar surface area (TPSA) is 68.5 Å². The summed E-state index contributed by atoms with van der Waals surface area (Å²) in [5, 5.41) is 11.9. The Balaban J connectivity index is 1.78. The van der Waals surface area contributed by atoms with Crippen LogP contribution < -0.4 is 5.32 Å². The second-order valence-corrected chi connectivity index (χ2v) is 6.20. The van der Waals surface area contributed by atoms with Crippen molar-refractivity contribution in [1.82, 2.24) is 25.0 Å². The Labute approximate surface area is 142 Å². The average Bonchev–Trinajstić information content (AvgIpc) is 3.05. The van der Waals surface area contributed by atoms with E-state index in [-0.39, 0.29) is 6.04 Å². The summed E-state index contributed by atoms with van der Waals surface area (Å²) in [5.74, 6) is 1.95. The number of nitrogens with zero attached hydrogens (tertiary/aromatic N) is 5. The molecule has 0 aliphatic rings. The quantitative estimate of drug-likeness (QED) is 0.776. The first-order chi connectivity index (χ1) is 11.5. The molecule has 6 nitrogen and oxygen atoms in total. The first-order valence-corrected chi connectivity index (χ1v) is 8.12. The molecule has 0 radical (unpaired) electrons. The van der Waals surface area contributed by atoms with E-state index in [4.69, 9.17) is 0 Å². The smallest absolute Gasteiger partial charge is 0.133 e. The second kappa shape index (κ2) is 6.78. The SMILES string of the molecule is Cc1cc(NC(C)c2cn(-c3ccccc3)nn2)nc(C(C)C)n1. The summed E-state index contributed by atoms with van der Waals surface area (Å²) in [6.45, 7) is 8.21. The molecule has 0 spiro atoms. The molecule has 0 aliphatic carbocycles. The molecule has 1 N–H and O–H groups in total. The van der Waals surface area contributed by atoms with Crippen LogP contribution in [0.5, 0.6) is 0 Å². The highest BCUT2D eigenvalue weighted by molar-refractivity contribution is 5.39. The highest BCUT2D eigenvalue weighted by Gasteiger charge is 2.13. The molecule has 1 atom stereocenters. The van der Waals surface area contributed by atoms with Crippen molar-refractivity contribution < 1.29 is 0 Å². The van der Waals surface area contributed by atoms with Crippen LogP contribution in [-0.4, -0.2) is 25.0 Å². The molecule has 0 saturated heterocycles. The van der Waals surface area contributed by atoms with E-state index in [1.807, 2.05) is 56.4 Å². The fraction of sp³-hybridized carbons (Fsp3) is 0.333. The molecule has 0 fully saturated rings. The summed E-state index contributed by atoms with van der Waals surface area (Å²) in [4.78, 5) is 9.06. The molecule has 1 aromatic carbocycles. The Morgan fingerprint density at radius 1 is 1.04 bits per heavy atom. The maximum atomic E-state index is 4.59. The molecule has 0 bridgehead atoms. The third kappa shape index (κ3) is 3.59. The van der Waals surface area contributed by atoms with E-state index in [0.29, 0.717) is 5.92 Å². The van der Waals surface area contributed by atoms with Gasteiger partial charge in [-0.3, -0.25) is 0 Å². The van der Waals surface area contributed by atoms with Gasteiger partial charge in [-0.25, -0.2) is 14.6 Å². The van der Waals surface area contributed by atoms with Gasteiger partial charge in [0.2, 0.25) is 0 Å². The lowest BCUT2D eigenvalue weighted by Crippen LogP contribution is -2.11. The predicted molar refractivity (Wildman–Crippen MR) is 94.3 cm³/mol. The van der Waals surface area contributed by atoms with Gasteiger partial charge in [0.05, 0.1) is 17.9 Å². The van der Waals surface area contributed by atoms with Crippen molar-refractivity contribution in [3.63, 3.8) is 0 Å². The van der Waals surface area contributed by atoms with Crippen LogP contribution in [0.3, 0.4) is 0 Å². The van der Waals surface area contributed by atoms with Gasteiger partial charge < -0.3 is 5.32 Å². The second-order valence-electron chi connectivity index (χ2n) is 6.20. The minimum Gasteiger partial charge on any atom is -0.362 e. The molecule has 2 heterocycles. The van der Waals surface area contributed by atoms with Gasteiger partial charge in [-0.15, -0.1) is 5.10 Å². The molecule has 124 valence electrons. The highest BCUT2D eigenvalue weighted by Crippen LogP contribution is 2.19. The van der Waals surface area contributed by atoms with E-state index in [1.54, 1.807) is 4.68 Å². The maximum Gasteiger partial charge on any atom is 0.133 e. The lowest BCUT2D eigenvalue weighted by Gasteiger charge is -2.14. The van der Waals surface area contributed by atoms with Gasteiger partial charge in [0.15, 0.2) is 0 Å². The van der Waals surface area contributed by atoms with Crippen LogP contribution in [0.25, 0.3) is 5.69 Å². The van der Waals surface area contributed by atoms with E-state index in [0.717, 1.165) is 28.7 Å². The van der Waals surface area contributed by atoms with Crippen molar-refractivity contribution in [3.05, 3.63) is 59.8 Å².